The van der Waals surface area contributed by atoms with E-state index < -0.39 is 17.3 Å². The van der Waals surface area contributed by atoms with Crippen LogP contribution in [0, 0.1) is 0 Å². The Hall–Kier alpha value is -0.770. The lowest BCUT2D eigenvalue weighted by atomic mass is 9.98. The Labute approximate surface area is 92.0 Å². The lowest BCUT2D eigenvalue weighted by molar-refractivity contribution is 0.0191. The zero-order valence-electron chi connectivity index (χ0n) is 10.4. The van der Waals surface area contributed by atoms with E-state index in [1.165, 1.54) is 0 Å². The molecule has 4 heteroatoms. The van der Waals surface area contributed by atoms with Crippen molar-refractivity contribution in [2.45, 2.75) is 58.7 Å². The molecular formula is C11H23NO3. The first-order valence-corrected chi connectivity index (χ1v) is 5.41. The minimum atomic E-state index is -0.823. The highest BCUT2D eigenvalue weighted by Crippen LogP contribution is 2.13. The van der Waals surface area contributed by atoms with Gasteiger partial charge in [0.25, 0.3) is 0 Å². The molecular weight excluding hydrogens is 194 g/mol. The summed E-state index contributed by atoms with van der Waals surface area (Å²) < 4.78 is 5.06. The van der Waals surface area contributed by atoms with Crippen LogP contribution >= 0.6 is 0 Å². The highest BCUT2D eigenvalue weighted by molar-refractivity contribution is 5.67. The summed E-state index contributed by atoms with van der Waals surface area (Å²) in [5.41, 5.74) is -1.32. The summed E-state index contributed by atoms with van der Waals surface area (Å²) in [4.78, 5) is 11.3. The van der Waals surface area contributed by atoms with Crippen LogP contribution in [0.15, 0.2) is 0 Å². The zero-order chi connectivity index (χ0) is 12.1. The fourth-order valence-corrected chi connectivity index (χ4v) is 1.05. The molecule has 0 fully saturated rings. The van der Waals surface area contributed by atoms with Gasteiger partial charge in [0.2, 0.25) is 0 Å². The zero-order valence-corrected chi connectivity index (χ0v) is 10.4. The van der Waals surface area contributed by atoms with Crippen molar-refractivity contribution in [2.24, 2.45) is 0 Å². The summed E-state index contributed by atoms with van der Waals surface area (Å²) in [6.45, 7) is 9.42. The van der Waals surface area contributed by atoms with Gasteiger partial charge < -0.3 is 15.2 Å². The maximum atomic E-state index is 11.3. The number of amides is 1. The molecule has 0 aromatic heterocycles. The van der Waals surface area contributed by atoms with Crippen LogP contribution in [-0.2, 0) is 4.74 Å². The number of nitrogens with one attached hydrogen (secondary N) is 1. The second kappa shape index (κ2) is 5.35. The molecule has 0 radical (unpaired) electrons. The Balaban J connectivity index is 4.00. The van der Waals surface area contributed by atoms with E-state index in [4.69, 9.17) is 4.74 Å². The van der Waals surface area contributed by atoms with E-state index in [9.17, 15) is 9.90 Å². The monoisotopic (exact) mass is 217 g/mol. The van der Waals surface area contributed by atoms with Crippen LogP contribution in [0.2, 0.25) is 0 Å². The molecule has 0 saturated heterocycles. The van der Waals surface area contributed by atoms with Crippen LogP contribution in [0.4, 0.5) is 4.79 Å². The fraction of sp³-hybridized carbons (Fsp3) is 0.909. The molecule has 0 spiro atoms. The van der Waals surface area contributed by atoms with Gasteiger partial charge in [-0.1, -0.05) is 13.8 Å². The second-order valence-corrected chi connectivity index (χ2v) is 4.79. The fourth-order valence-electron chi connectivity index (χ4n) is 1.05. The third kappa shape index (κ3) is 6.33. The SMILES string of the molecule is CCC(O)(CC)CNC(=O)OC(C)(C)C. The van der Waals surface area contributed by atoms with Crippen LogP contribution in [-0.4, -0.2) is 28.9 Å². The van der Waals surface area contributed by atoms with Crippen molar-refractivity contribution < 1.29 is 14.6 Å². The largest absolute Gasteiger partial charge is 0.444 e. The first-order valence-electron chi connectivity index (χ1n) is 5.41. The number of rotatable bonds is 4. The quantitative estimate of drug-likeness (QED) is 0.757. The van der Waals surface area contributed by atoms with E-state index in [0.29, 0.717) is 12.8 Å². The lowest BCUT2D eigenvalue weighted by Gasteiger charge is -2.26. The van der Waals surface area contributed by atoms with Gasteiger partial charge in [-0.2, -0.15) is 0 Å². The van der Waals surface area contributed by atoms with Crippen molar-refractivity contribution in [2.75, 3.05) is 6.54 Å². The summed E-state index contributed by atoms with van der Waals surface area (Å²) in [6.07, 6.45) is 0.737. The number of alkyl carbamates (subject to hydrolysis) is 1. The van der Waals surface area contributed by atoms with E-state index in [1.54, 1.807) is 20.8 Å². The molecule has 0 aliphatic carbocycles. The van der Waals surface area contributed by atoms with Gasteiger partial charge in [-0.15, -0.1) is 0 Å². The number of aliphatic hydroxyl groups is 1. The standard InChI is InChI=1S/C11H23NO3/c1-6-11(14,7-2)8-12-9(13)15-10(3,4)5/h14H,6-8H2,1-5H3,(H,12,13). The van der Waals surface area contributed by atoms with Gasteiger partial charge >= 0.3 is 6.09 Å². The van der Waals surface area contributed by atoms with Crippen molar-refractivity contribution in [3.63, 3.8) is 0 Å². The van der Waals surface area contributed by atoms with Crippen LogP contribution in [0.1, 0.15) is 47.5 Å². The Morgan fingerprint density at radius 2 is 1.73 bits per heavy atom. The molecule has 0 saturated carbocycles. The highest BCUT2D eigenvalue weighted by atomic mass is 16.6. The predicted molar refractivity (Wildman–Crippen MR) is 59.8 cm³/mol. The Morgan fingerprint density at radius 1 is 1.27 bits per heavy atom. The number of ether oxygens (including phenoxy) is 1. The number of hydrogen-bond acceptors (Lipinski definition) is 3. The van der Waals surface area contributed by atoms with Gasteiger partial charge in [-0.05, 0) is 33.6 Å². The van der Waals surface area contributed by atoms with Gasteiger partial charge in [-0.25, -0.2) is 4.79 Å². The molecule has 0 bridgehead atoms. The maximum absolute atomic E-state index is 11.3. The van der Waals surface area contributed by atoms with Crippen molar-refractivity contribution in [1.82, 2.24) is 5.32 Å². The highest BCUT2D eigenvalue weighted by Gasteiger charge is 2.24. The first kappa shape index (κ1) is 14.2. The maximum Gasteiger partial charge on any atom is 0.407 e. The lowest BCUT2D eigenvalue weighted by Crippen LogP contribution is -2.43. The molecule has 4 nitrogen and oxygen atoms in total. The molecule has 0 aromatic rings. The van der Waals surface area contributed by atoms with Crippen LogP contribution in [0.5, 0.6) is 0 Å². The average molecular weight is 217 g/mol. The van der Waals surface area contributed by atoms with Gasteiger partial charge in [0.1, 0.15) is 5.60 Å². The molecule has 0 rings (SSSR count). The third-order valence-electron chi connectivity index (χ3n) is 2.28. The summed E-state index contributed by atoms with van der Waals surface area (Å²) in [6, 6.07) is 0. The number of hydrogen-bond donors (Lipinski definition) is 2. The number of carbonyl (C=O) groups is 1. The minimum Gasteiger partial charge on any atom is -0.444 e. The normalized spacial score (nSPS) is 12.4. The van der Waals surface area contributed by atoms with Gasteiger partial charge in [0.15, 0.2) is 0 Å². The molecule has 0 unspecified atom stereocenters. The van der Waals surface area contributed by atoms with E-state index in [2.05, 4.69) is 5.32 Å². The summed E-state index contributed by atoms with van der Waals surface area (Å²) in [5, 5.41) is 12.5. The van der Waals surface area contributed by atoms with E-state index in [1.807, 2.05) is 13.8 Å². The van der Waals surface area contributed by atoms with Gasteiger partial charge in [-0.3, -0.25) is 0 Å². The predicted octanol–water partition coefficient (Wildman–Crippen LogP) is 2.06. The van der Waals surface area contributed by atoms with Crippen molar-refractivity contribution in [1.29, 1.82) is 0 Å². The van der Waals surface area contributed by atoms with Crippen LogP contribution < -0.4 is 5.32 Å². The molecule has 0 heterocycles. The first-order chi connectivity index (χ1) is 6.72. The topological polar surface area (TPSA) is 58.6 Å². The summed E-state index contributed by atoms with van der Waals surface area (Å²) in [7, 11) is 0. The van der Waals surface area contributed by atoms with Gasteiger partial charge in [0, 0.05) is 6.54 Å². The average Bonchev–Trinajstić information content (AvgIpc) is 2.12. The van der Waals surface area contributed by atoms with Crippen LogP contribution in [0.25, 0.3) is 0 Å². The minimum absolute atomic E-state index is 0.231. The molecule has 2 N–H and O–H groups in total. The van der Waals surface area contributed by atoms with Crippen LogP contribution in [0.3, 0.4) is 0 Å². The Morgan fingerprint density at radius 3 is 2.07 bits per heavy atom. The Kier molecular flexibility index (Phi) is 5.08. The van der Waals surface area contributed by atoms with E-state index in [-0.39, 0.29) is 6.54 Å². The van der Waals surface area contributed by atoms with Crippen molar-refractivity contribution >= 4 is 6.09 Å². The molecule has 0 atom stereocenters. The smallest absolute Gasteiger partial charge is 0.407 e. The molecule has 15 heavy (non-hydrogen) atoms. The van der Waals surface area contributed by atoms with E-state index >= 15 is 0 Å². The van der Waals surface area contributed by atoms with Gasteiger partial charge in [0.05, 0.1) is 5.60 Å². The third-order valence-corrected chi connectivity index (χ3v) is 2.28. The summed E-state index contributed by atoms with van der Waals surface area (Å²) >= 11 is 0. The number of carbonyl (C=O) groups excluding carboxylic acids is 1. The molecule has 0 aromatic carbocycles. The molecule has 0 aliphatic heterocycles. The second-order valence-electron chi connectivity index (χ2n) is 4.79. The van der Waals surface area contributed by atoms with Crippen molar-refractivity contribution in [3.05, 3.63) is 0 Å². The van der Waals surface area contributed by atoms with E-state index in [0.717, 1.165) is 0 Å². The Bertz CT molecular complexity index is 204. The molecule has 1 amide bonds. The molecule has 0 aliphatic rings. The molecule has 90 valence electrons. The van der Waals surface area contributed by atoms with Crippen molar-refractivity contribution in [3.8, 4) is 0 Å². The summed E-state index contributed by atoms with van der Waals surface area (Å²) in [5.74, 6) is 0.